The Morgan fingerprint density at radius 3 is 2.90 bits per heavy atom. The molecule has 1 aromatic heterocycles. The third-order valence-electron chi connectivity index (χ3n) is 3.51. The molecule has 1 aromatic carbocycles. The van der Waals surface area contributed by atoms with Crippen molar-refractivity contribution in [2.24, 2.45) is 0 Å². The van der Waals surface area contributed by atoms with E-state index in [2.05, 4.69) is 0 Å². The number of hydrogen-bond acceptors (Lipinski definition) is 3. The number of rotatable bonds is 3. The van der Waals surface area contributed by atoms with Crippen LogP contribution >= 0.6 is 0 Å². The van der Waals surface area contributed by atoms with Crippen molar-refractivity contribution in [3.05, 3.63) is 53.2 Å². The van der Waals surface area contributed by atoms with Gasteiger partial charge in [0, 0.05) is 17.7 Å². The minimum Gasteiger partial charge on any atom is -0.475 e. The van der Waals surface area contributed by atoms with Gasteiger partial charge in [0.2, 0.25) is 11.7 Å². The third-order valence-corrected chi connectivity index (χ3v) is 3.51. The molecule has 1 N–H and O–H groups in total. The van der Waals surface area contributed by atoms with Crippen molar-refractivity contribution in [1.82, 2.24) is 0 Å². The highest BCUT2D eigenvalue weighted by Crippen LogP contribution is 2.30. The number of carbonyl (C=O) groups excluding carboxylic acids is 1. The molecule has 0 radical (unpaired) electrons. The Labute approximate surface area is 119 Å². The van der Waals surface area contributed by atoms with Gasteiger partial charge < -0.3 is 14.4 Å². The number of amides is 1. The summed E-state index contributed by atoms with van der Waals surface area (Å²) >= 11 is 0. The van der Waals surface area contributed by atoms with Crippen molar-refractivity contribution in [2.45, 2.75) is 19.4 Å². The van der Waals surface area contributed by atoms with Gasteiger partial charge in [-0.1, -0.05) is 0 Å². The second-order valence-electron chi connectivity index (χ2n) is 4.83. The number of aryl methyl sites for hydroxylation is 1. The van der Waals surface area contributed by atoms with Gasteiger partial charge in [-0.2, -0.15) is 0 Å². The largest absolute Gasteiger partial charge is 0.475 e. The maximum Gasteiger partial charge on any atom is 0.372 e. The fourth-order valence-corrected chi connectivity index (χ4v) is 2.52. The Kier molecular flexibility index (Phi) is 3.21. The normalized spacial score (nSPS) is 14.1. The molecule has 1 amide bonds. The molecule has 6 heteroatoms. The van der Waals surface area contributed by atoms with Gasteiger partial charge in [0.05, 0.1) is 12.8 Å². The summed E-state index contributed by atoms with van der Waals surface area (Å²) < 4.78 is 18.2. The summed E-state index contributed by atoms with van der Waals surface area (Å²) in [6.45, 7) is 0.0929. The Morgan fingerprint density at radius 1 is 1.33 bits per heavy atom. The van der Waals surface area contributed by atoms with E-state index in [4.69, 9.17) is 9.52 Å². The monoisotopic (exact) mass is 289 g/mol. The number of carbonyl (C=O) groups is 2. The molecule has 21 heavy (non-hydrogen) atoms. The second-order valence-corrected chi connectivity index (χ2v) is 4.83. The lowest BCUT2D eigenvalue weighted by Gasteiger charge is -2.29. The molecular weight excluding hydrogens is 277 g/mol. The minimum atomic E-state index is -1.18. The molecular formula is C15H12FNO4. The van der Waals surface area contributed by atoms with Crippen molar-refractivity contribution < 1.29 is 23.5 Å². The zero-order valence-corrected chi connectivity index (χ0v) is 11.0. The summed E-state index contributed by atoms with van der Waals surface area (Å²) in [6, 6.07) is 5.76. The van der Waals surface area contributed by atoms with Gasteiger partial charge in [0.25, 0.3) is 0 Å². The second kappa shape index (κ2) is 5.05. The smallest absolute Gasteiger partial charge is 0.372 e. The topological polar surface area (TPSA) is 70.8 Å². The zero-order valence-electron chi connectivity index (χ0n) is 11.0. The number of fused-ring (bicyclic) bond motifs is 1. The van der Waals surface area contributed by atoms with Crippen molar-refractivity contribution in [3.8, 4) is 0 Å². The van der Waals surface area contributed by atoms with E-state index in [1.54, 1.807) is 6.07 Å². The molecule has 2 aromatic rings. The van der Waals surface area contributed by atoms with Crippen LogP contribution in [0, 0.1) is 5.82 Å². The fourth-order valence-electron chi connectivity index (χ4n) is 2.52. The molecule has 0 saturated carbocycles. The van der Waals surface area contributed by atoms with Crippen LogP contribution in [0.15, 0.2) is 34.9 Å². The molecule has 108 valence electrons. The standard InChI is InChI=1S/C15H12FNO4/c16-11-2-3-12-9(7-11)1-4-13(18)17(12)8-10-5-6-21-14(10)15(19)20/h2-3,5-7H,1,4,8H2,(H,19,20). The van der Waals surface area contributed by atoms with Gasteiger partial charge in [-0.25, -0.2) is 9.18 Å². The van der Waals surface area contributed by atoms with E-state index in [9.17, 15) is 14.0 Å². The van der Waals surface area contributed by atoms with E-state index >= 15 is 0 Å². The van der Waals surface area contributed by atoms with E-state index in [0.717, 1.165) is 5.56 Å². The summed E-state index contributed by atoms with van der Waals surface area (Å²) in [5.74, 6) is -1.83. The first-order valence-electron chi connectivity index (χ1n) is 6.44. The van der Waals surface area contributed by atoms with E-state index in [-0.39, 0.29) is 30.5 Å². The van der Waals surface area contributed by atoms with Crippen molar-refractivity contribution in [2.75, 3.05) is 4.90 Å². The van der Waals surface area contributed by atoms with Crippen LogP contribution in [0.25, 0.3) is 0 Å². The first-order valence-corrected chi connectivity index (χ1v) is 6.44. The first-order chi connectivity index (χ1) is 10.1. The summed E-state index contributed by atoms with van der Waals surface area (Å²) in [5, 5.41) is 9.03. The molecule has 0 atom stereocenters. The average molecular weight is 289 g/mol. The van der Waals surface area contributed by atoms with E-state index in [1.165, 1.54) is 29.4 Å². The van der Waals surface area contributed by atoms with Crippen LogP contribution < -0.4 is 4.90 Å². The Balaban J connectivity index is 1.97. The van der Waals surface area contributed by atoms with Crippen LogP contribution in [0.5, 0.6) is 0 Å². The van der Waals surface area contributed by atoms with Gasteiger partial charge >= 0.3 is 5.97 Å². The number of anilines is 1. The third kappa shape index (κ3) is 2.40. The highest BCUT2D eigenvalue weighted by Gasteiger charge is 2.26. The van der Waals surface area contributed by atoms with Crippen molar-refractivity contribution in [1.29, 1.82) is 0 Å². The van der Waals surface area contributed by atoms with Gasteiger partial charge in [-0.15, -0.1) is 0 Å². The van der Waals surface area contributed by atoms with Crippen LogP contribution in [0.1, 0.15) is 28.1 Å². The molecule has 0 saturated heterocycles. The minimum absolute atomic E-state index is 0.0929. The molecule has 2 heterocycles. The Bertz CT molecular complexity index is 722. The highest BCUT2D eigenvalue weighted by atomic mass is 19.1. The quantitative estimate of drug-likeness (QED) is 0.942. The molecule has 0 bridgehead atoms. The summed E-state index contributed by atoms with van der Waals surface area (Å²) in [4.78, 5) is 24.6. The van der Waals surface area contributed by atoms with E-state index in [1.807, 2.05) is 0 Å². The summed E-state index contributed by atoms with van der Waals surface area (Å²) in [7, 11) is 0. The molecule has 0 unspecified atom stereocenters. The lowest BCUT2D eigenvalue weighted by molar-refractivity contribution is -0.119. The molecule has 3 rings (SSSR count). The van der Waals surface area contributed by atoms with Crippen LogP contribution in [-0.2, 0) is 17.8 Å². The lowest BCUT2D eigenvalue weighted by atomic mass is 10.0. The van der Waals surface area contributed by atoms with Crippen LogP contribution in [0.3, 0.4) is 0 Å². The zero-order chi connectivity index (χ0) is 15.0. The van der Waals surface area contributed by atoms with E-state index in [0.29, 0.717) is 17.7 Å². The Hall–Kier alpha value is -2.63. The molecule has 5 nitrogen and oxygen atoms in total. The predicted molar refractivity (Wildman–Crippen MR) is 71.6 cm³/mol. The number of carboxylic acid groups (broad SMARTS) is 1. The van der Waals surface area contributed by atoms with Gasteiger partial charge in [0.15, 0.2) is 0 Å². The number of furan rings is 1. The highest BCUT2D eigenvalue weighted by molar-refractivity contribution is 5.96. The predicted octanol–water partition coefficient (Wildman–Crippen LogP) is 2.60. The molecule has 1 aliphatic rings. The molecule has 0 fully saturated rings. The summed E-state index contributed by atoms with van der Waals surface area (Å²) in [5.41, 5.74) is 1.77. The number of benzene rings is 1. The average Bonchev–Trinajstić information content (AvgIpc) is 2.90. The molecule has 0 aliphatic carbocycles. The van der Waals surface area contributed by atoms with Crippen LogP contribution in [0.4, 0.5) is 10.1 Å². The molecule has 0 spiro atoms. The van der Waals surface area contributed by atoms with Crippen molar-refractivity contribution in [3.63, 3.8) is 0 Å². The molecule has 1 aliphatic heterocycles. The number of hydrogen-bond donors (Lipinski definition) is 1. The van der Waals surface area contributed by atoms with Crippen LogP contribution in [0.2, 0.25) is 0 Å². The maximum atomic E-state index is 13.3. The fraction of sp³-hybridized carbons (Fsp3) is 0.200. The maximum absolute atomic E-state index is 13.3. The first kappa shape index (κ1) is 13.4. The number of nitrogens with zero attached hydrogens (tertiary/aromatic N) is 1. The number of aromatic carboxylic acids is 1. The number of halogens is 1. The Morgan fingerprint density at radius 2 is 2.14 bits per heavy atom. The van der Waals surface area contributed by atoms with Crippen LogP contribution in [-0.4, -0.2) is 17.0 Å². The summed E-state index contributed by atoms with van der Waals surface area (Å²) in [6.07, 6.45) is 2.04. The van der Waals surface area contributed by atoms with Gasteiger partial charge in [-0.3, -0.25) is 4.79 Å². The lowest BCUT2D eigenvalue weighted by Crippen LogP contribution is -2.34. The SMILES string of the molecule is O=C(O)c1occc1CN1C(=O)CCc2cc(F)ccc21. The number of carboxylic acids is 1. The van der Waals surface area contributed by atoms with E-state index < -0.39 is 5.97 Å². The van der Waals surface area contributed by atoms with Crippen molar-refractivity contribution >= 4 is 17.6 Å². The van der Waals surface area contributed by atoms with Gasteiger partial charge in [-0.05, 0) is 36.2 Å². The van der Waals surface area contributed by atoms with Gasteiger partial charge in [0.1, 0.15) is 5.82 Å².